The monoisotopic (exact) mass is 256 g/mol. The first-order valence-corrected chi connectivity index (χ1v) is 7.57. The zero-order valence-corrected chi connectivity index (χ0v) is 12.9. The van der Waals surface area contributed by atoms with Gasteiger partial charge in [0.25, 0.3) is 0 Å². The van der Waals surface area contributed by atoms with Crippen LogP contribution in [0.2, 0.25) is 0 Å². The van der Waals surface area contributed by atoms with Crippen LogP contribution in [0.4, 0.5) is 0 Å². The van der Waals surface area contributed by atoms with E-state index >= 15 is 0 Å². The van der Waals surface area contributed by atoms with Gasteiger partial charge in [-0.1, -0.05) is 13.3 Å². The van der Waals surface area contributed by atoms with E-state index in [0.717, 1.165) is 19.1 Å². The van der Waals surface area contributed by atoms with Crippen LogP contribution < -0.4 is 5.32 Å². The molecule has 0 spiro atoms. The molecule has 1 aliphatic carbocycles. The lowest BCUT2D eigenvalue weighted by atomic mass is 9.80. The number of hydrogen-bond donors (Lipinski definition) is 1. The average Bonchev–Trinajstić information content (AvgIpc) is 2.37. The minimum atomic E-state index is 0.341. The fourth-order valence-electron chi connectivity index (χ4n) is 3.02. The Labute approximate surface area is 113 Å². The van der Waals surface area contributed by atoms with Gasteiger partial charge in [-0.25, -0.2) is 0 Å². The van der Waals surface area contributed by atoms with Crippen LogP contribution in [0.25, 0.3) is 0 Å². The molecule has 18 heavy (non-hydrogen) atoms. The van der Waals surface area contributed by atoms with Gasteiger partial charge in [-0.3, -0.25) is 4.90 Å². The molecule has 0 aromatic rings. The van der Waals surface area contributed by atoms with Gasteiger partial charge in [0.15, 0.2) is 0 Å². The molecule has 0 amide bonds. The first-order valence-electron chi connectivity index (χ1n) is 7.57. The quantitative estimate of drug-likeness (QED) is 0.757. The maximum atomic E-state index is 5.66. The Morgan fingerprint density at radius 2 is 2.06 bits per heavy atom. The van der Waals surface area contributed by atoms with E-state index in [9.17, 15) is 0 Å². The van der Waals surface area contributed by atoms with Crippen molar-refractivity contribution in [2.75, 3.05) is 27.2 Å². The molecule has 1 N–H and O–H groups in total. The molecule has 3 atom stereocenters. The molecule has 1 fully saturated rings. The summed E-state index contributed by atoms with van der Waals surface area (Å²) in [5.41, 5.74) is 0. The Hall–Kier alpha value is -0.120. The predicted octanol–water partition coefficient (Wildman–Crippen LogP) is 2.51. The standard InChI is InChI=1S/C15H32N2O/c1-6-13-7-8-14(16-4)15(11-13)17(5)9-10-18-12(2)3/h12-16H,6-11H2,1-5H3. The van der Waals surface area contributed by atoms with Crippen molar-refractivity contribution in [3.8, 4) is 0 Å². The second-order valence-electron chi connectivity index (χ2n) is 5.95. The predicted molar refractivity (Wildman–Crippen MR) is 78.0 cm³/mol. The summed E-state index contributed by atoms with van der Waals surface area (Å²) in [5, 5.41) is 3.50. The minimum absolute atomic E-state index is 0.341. The van der Waals surface area contributed by atoms with Gasteiger partial charge in [0.05, 0.1) is 12.7 Å². The van der Waals surface area contributed by atoms with Gasteiger partial charge in [0.1, 0.15) is 0 Å². The summed E-state index contributed by atoms with van der Waals surface area (Å²) < 4.78 is 5.66. The van der Waals surface area contributed by atoms with Crippen molar-refractivity contribution in [2.24, 2.45) is 5.92 Å². The molecule has 0 bridgehead atoms. The van der Waals surface area contributed by atoms with Gasteiger partial charge in [-0.05, 0) is 53.1 Å². The molecule has 3 nitrogen and oxygen atoms in total. The number of likely N-dealkylation sites (N-methyl/N-ethyl adjacent to an activating group) is 2. The molecule has 108 valence electrons. The van der Waals surface area contributed by atoms with Crippen molar-refractivity contribution < 1.29 is 4.74 Å². The van der Waals surface area contributed by atoms with Crippen LogP contribution >= 0.6 is 0 Å². The average molecular weight is 256 g/mol. The molecule has 0 aliphatic heterocycles. The maximum absolute atomic E-state index is 5.66. The lowest BCUT2D eigenvalue weighted by molar-refractivity contribution is 0.0411. The van der Waals surface area contributed by atoms with Crippen LogP contribution in [-0.4, -0.2) is 50.3 Å². The fourth-order valence-corrected chi connectivity index (χ4v) is 3.02. The van der Waals surface area contributed by atoms with E-state index in [1.54, 1.807) is 0 Å². The van der Waals surface area contributed by atoms with Crippen molar-refractivity contribution >= 4 is 0 Å². The summed E-state index contributed by atoms with van der Waals surface area (Å²) in [6, 6.07) is 1.32. The summed E-state index contributed by atoms with van der Waals surface area (Å²) >= 11 is 0. The van der Waals surface area contributed by atoms with Gasteiger partial charge in [-0.15, -0.1) is 0 Å². The van der Waals surface area contributed by atoms with Gasteiger partial charge < -0.3 is 10.1 Å². The van der Waals surface area contributed by atoms with Crippen LogP contribution in [0.15, 0.2) is 0 Å². The topological polar surface area (TPSA) is 24.5 Å². The normalized spacial score (nSPS) is 29.2. The van der Waals surface area contributed by atoms with Gasteiger partial charge in [0.2, 0.25) is 0 Å². The van der Waals surface area contributed by atoms with Crippen molar-refractivity contribution in [2.45, 2.75) is 64.6 Å². The van der Waals surface area contributed by atoms with E-state index in [2.05, 4.69) is 45.1 Å². The van der Waals surface area contributed by atoms with Crippen molar-refractivity contribution in [1.29, 1.82) is 0 Å². The summed E-state index contributed by atoms with van der Waals surface area (Å²) in [4.78, 5) is 2.49. The lowest BCUT2D eigenvalue weighted by Gasteiger charge is -2.41. The SMILES string of the molecule is CCC1CCC(NC)C(N(C)CCOC(C)C)C1. The molecule has 3 heteroatoms. The third-order valence-corrected chi connectivity index (χ3v) is 4.33. The highest BCUT2D eigenvalue weighted by atomic mass is 16.5. The second kappa shape index (κ2) is 8.13. The zero-order valence-electron chi connectivity index (χ0n) is 12.9. The van der Waals surface area contributed by atoms with E-state index in [-0.39, 0.29) is 0 Å². The van der Waals surface area contributed by atoms with Crippen molar-refractivity contribution in [3.05, 3.63) is 0 Å². The highest BCUT2D eigenvalue weighted by Crippen LogP contribution is 2.29. The fraction of sp³-hybridized carbons (Fsp3) is 1.00. The first-order chi connectivity index (χ1) is 8.58. The molecule has 0 aromatic carbocycles. The number of ether oxygens (including phenoxy) is 1. The van der Waals surface area contributed by atoms with Crippen LogP contribution in [-0.2, 0) is 4.74 Å². The highest BCUT2D eigenvalue weighted by molar-refractivity contribution is 4.89. The Balaban J connectivity index is 2.42. The number of hydrogen-bond acceptors (Lipinski definition) is 3. The summed E-state index contributed by atoms with van der Waals surface area (Å²) in [6.45, 7) is 8.41. The van der Waals surface area contributed by atoms with E-state index in [0.29, 0.717) is 18.2 Å². The number of nitrogens with zero attached hydrogens (tertiary/aromatic N) is 1. The smallest absolute Gasteiger partial charge is 0.0596 e. The molecule has 0 heterocycles. The van der Waals surface area contributed by atoms with Crippen LogP contribution in [0, 0.1) is 5.92 Å². The Bertz CT molecular complexity index is 221. The molecule has 0 radical (unpaired) electrons. The van der Waals surface area contributed by atoms with Crippen molar-refractivity contribution in [3.63, 3.8) is 0 Å². The molecular weight excluding hydrogens is 224 g/mol. The Kier molecular flexibility index (Phi) is 7.20. The first kappa shape index (κ1) is 15.9. The molecule has 0 aromatic heterocycles. The molecule has 0 saturated heterocycles. The van der Waals surface area contributed by atoms with E-state index in [1.165, 1.54) is 25.7 Å². The van der Waals surface area contributed by atoms with Crippen molar-refractivity contribution in [1.82, 2.24) is 10.2 Å². The van der Waals surface area contributed by atoms with E-state index < -0.39 is 0 Å². The zero-order chi connectivity index (χ0) is 13.5. The molecule has 1 aliphatic rings. The van der Waals surface area contributed by atoms with Gasteiger partial charge >= 0.3 is 0 Å². The Morgan fingerprint density at radius 1 is 1.33 bits per heavy atom. The highest BCUT2D eigenvalue weighted by Gasteiger charge is 2.31. The molecule has 1 rings (SSSR count). The molecular formula is C15H32N2O. The van der Waals surface area contributed by atoms with E-state index in [4.69, 9.17) is 4.74 Å². The summed E-state index contributed by atoms with van der Waals surface area (Å²) in [5.74, 6) is 0.910. The lowest BCUT2D eigenvalue weighted by Crippen LogP contribution is -2.51. The van der Waals surface area contributed by atoms with E-state index in [1.807, 2.05) is 0 Å². The van der Waals surface area contributed by atoms with Gasteiger partial charge in [-0.2, -0.15) is 0 Å². The maximum Gasteiger partial charge on any atom is 0.0596 e. The molecule has 1 saturated carbocycles. The third-order valence-electron chi connectivity index (χ3n) is 4.33. The summed E-state index contributed by atoms with van der Waals surface area (Å²) in [6.07, 6.45) is 5.70. The number of rotatable bonds is 7. The minimum Gasteiger partial charge on any atom is -0.377 e. The van der Waals surface area contributed by atoms with Gasteiger partial charge in [0, 0.05) is 18.6 Å². The third kappa shape index (κ3) is 4.87. The molecule has 3 unspecified atom stereocenters. The van der Waals surface area contributed by atoms with Crippen LogP contribution in [0.1, 0.15) is 46.5 Å². The summed E-state index contributed by atoms with van der Waals surface area (Å²) in [7, 11) is 4.35. The largest absolute Gasteiger partial charge is 0.377 e. The second-order valence-corrected chi connectivity index (χ2v) is 5.95. The van der Waals surface area contributed by atoms with Crippen LogP contribution in [0.3, 0.4) is 0 Å². The number of nitrogens with one attached hydrogen (secondary N) is 1. The Morgan fingerprint density at radius 3 is 2.61 bits per heavy atom. The van der Waals surface area contributed by atoms with Crippen LogP contribution in [0.5, 0.6) is 0 Å².